The summed E-state index contributed by atoms with van der Waals surface area (Å²) in [6.45, 7) is 2.04. The lowest BCUT2D eigenvalue weighted by molar-refractivity contribution is -0.144. The molecule has 112 valence electrons. The number of nitrogens with one attached hydrogen (secondary N) is 2. The van der Waals surface area contributed by atoms with Gasteiger partial charge in [-0.3, -0.25) is 4.79 Å². The predicted octanol–water partition coefficient (Wildman–Crippen LogP) is 2.42. The van der Waals surface area contributed by atoms with E-state index in [1.807, 2.05) is 19.1 Å². The summed E-state index contributed by atoms with van der Waals surface area (Å²) in [6, 6.07) is 6.06. The molecule has 1 aromatic heterocycles. The number of hydrogen-bond donors (Lipinski definition) is 3. The fourth-order valence-corrected chi connectivity index (χ4v) is 3.88. The Balaban J connectivity index is 1.79. The zero-order valence-corrected chi connectivity index (χ0v) is 13.0. The minimum absolute atomic E-state index is 0.221. The van der Waals surface area contributed by atoms with Gasteiger partial charge in [-0.1, -0.05) is 17.8 Å². The molecule has 0 amide bonds. The van der Waals surface area contributed by atoms with Gasteiger partial charge in [0.25, 0.3) is 0 Å². The molecule has 1 fully saturated rings. The lowest BCUT2D eigenvalue weighted by Gasteiger charge is -2.28. The Morgan fingerprint density at radius 2 is 2.33 bits per heavy atom. The molecule has 5 nitrogen and oxygen atoms in total. The number of hydrogen-bond acceptors (Lipinski definition) is 4. The van der Waals surface area contributed by atoms with Crippen LogP contribution in [-0.2, 0) is 4.79 Å². The number of aromatic nitrogens is 2. The van der Waals surface area contributed by atoms with Gasteiger partial charge in [-0.2, -0.15) is 0 Å². The van der Waals surface area contributed by atoms with Crippen LogP contribution in [0.2, 0.25) is 0 Å². The molecular formula is C15H19N3O2S. The number of aliphatic carboxylic acids is 1. The van der Waals surface area contributed by atoms with E-state index in [4.69, 9.17) is 0 Å². The number of thioether (sulfide) groups is 1. The molecular weight excluding hydrogens is 286 g/mol. The number of carbonyl (C=O) groups is 1. The van der Waals surface area contributed by atoms with Crippen LogP contribution in [0.5, 0.6) is 0 Å². The highest BCUT2D eigenvalue weighted by molar-refractivity contribution is 7.99. The first kappa shape index (κ1) is 14.4. The maximum absolute atomic E-state index is 11.7. The standard InChI is InChI=1S/C15H19N3O2S/c1-9-3-6-11-12(7-9)18-14(17-11)21-8-15(16-2,13(19)20)10-4-5-10/h3,6-7,10,16H,4-5,8H2,1-2H3,(H,17,18)(H,19,20). The van der Waals surface area contributed by atoms with Gasteiger partial charge >= 0.3 is 5.97 Å². The second-order valence-electron chi connectivity index (χ2n) is 5.65. The molecule has 0 aliphatic heterocycles. The van der Waals surface area contributed by atoms with E-state index in [0.717, 1.165) is 29.0 Å². The third-order valence-corrected chi connectivity index (χ3v) is 5.22. The summed E-state index contributed by atoms with van der Waals surface area (Å²) in [5, 5.41) is 13.4. The van der Waals surface area contributed by atoms with Crippen LogP contribution >= 0.6 is 11.8 Å². The van der Waals surface area contributed by atoms with Crippen molar-refractivity contribution in [1.82, 2.24) is 15.3 Å². The van der Waals surface area contributed by atoms with E-state index in [0.29, 0.717) is 5.75 Å². The first-order chi connectivity index (χ1) is 10.0. The molecule has 1 atom stereocenters. The zero-order valence-electron chi connectivity index (χ0n) is 12.1. The molecule has 21 heavy (non-hydrogen) atoms. The van der Waals surface area contributed by atoms with Crippen LogP contribution in [-0.4, -0.2) is 39.4 Å². The molecule has 1 heterocycles. The molecule has 3 N–H and O–H groups in total. The molecule has 1 saturated carbocycles. The van der Waals surface area contributed by atoms with Crippen molar-refractivity contribution >= 4 is 28.8 Å². The number of imidazole rings is 1. The Kier molecular flexibility index (Phi) is 3.67. The molecule has 1 aliphatic rings. The average molecular weight is 305 g/mol. The van der Waals surface area contributed by atoms with Crippen molar-refractivity contribution in [1.29, 1.82) is 0 Å². The van der Waals surface area contributed by atoms with Crippen molar-refractivity contribution in [3.63, 3.8) is 0 Å². The highest BCUT2D eigenvalue weighted by Crippen LogP contribution is 2.42. The van der Waals surface area contributed by atoms with E-state index in [-0.39, 0.29) is 5.92 Å². The van der Waals surface area contributed by atoms with E-state index >= 15 is 0 Å². The number of carboxylic acids is 1. The van der Waals surface area contributed by atoms with Crippen molar-refractivity contribution < 1.29 is 9.90 Å². The lowest BCUT2D eigenvalue weighted by atomic mass is 9.96. The number of aromatic amines is 1. The van der Waals surface area contributed by atoms with Gasteiger partial charge in [0.2, 0.25) is 0 Å². The van der Waals surface area contributed by atoms with Crippen LogP contribution in [0, 0.1) is 12.8 Å². The summed E-state index contributed by atoms with van der Waals surface area (Å²) >= 11 is 1.47. The Bertz CT molecular complexity index is 681. The number of likely N-dealkylation sites (N-methyl/N-ethyl adjacent to an activating group) is 1. The summed E-state index contributed by atoms with van der Waals surface area (Å²) in [5.41, 5.74) is 2.24. The van der Waals surface area contributed by atoms with Crippen LogP contribution in [0.1, 0.15) is 18.4 Å². The molecule has 0 bridgehead atoms. The monoisotopic (exact) mass is 305 g/mol. The number of H-pyrrole nitrogens is 1. The number of rotatable bonds is 6. The first-order valence-corrected chi connectivity index (χ1v) is 8.05. The summed E-state index contributed by atoms with van der Waals surface area (Å²) < 4.78 is 0. The van der Waals surface area contributed by atoms with Gasteiger partial charge < -0.3 is 15.4 Å². The number of benzene rings is 1. The molecule has 1 aromatic carbocycles. The summed E-state index contributed by atoms with van der Waals surface area (Å²) in [7, 11) is 1.73. The van der Waals surface area contributed by atoms with Gasteiger partial charge in [0.1, 0.15) is 5.54 Å². The lowest BCUT2D eigenvalue weighted by Crippen LogP contribution is -2.54. The van der Waals surface area contributed by atoms with Crippen LogP contribution < -0.4 is 5.32 Å². The van der Waals surface area contributed by atoms with E-state index in [1.165, 1.54) is 17.3 Å². The van der Waals surface area contributed by atoms with Gasteiger partial charge in [0, 0.05) is 5.75 Å². The predicted molar refractivity (Wildman–Crippen MR) is 83.7 cm³/mol. The highest BCUT2D eigenvalue weighted by atomic mass is 32.2. The van der Waals surface area contributed by atoms with Crippen molar-refractivity contribution in [2.45, 2.75) is 30.5 Å². The second kappa shape index (κ2) is 5.35. The van der Waals surface area contributed by atoms with Crippen LogP contribution in [0.15, 0.2) is 23.4 Å². The van der Waals surface area contributed by atoms with Crippen LogP contribution in [0.3, 0.4) is 0 Å². The van der Waals surface area contributed by atoms with Crippen molar-refractivity contribution in [2.24, 2.45) is 5.92 Å². The molecule has 3 rings (SSSR count). The number of carboxylic acid groups (broad SMARTS) is 1. The van der Waals surface area contributed by atoms with Gasteiger partial charge in [-0.15, -0.1) is 0 Å². The normalized spacial score (nSPS) is 17.8. The highest BCUT2D eigenvalue weighted by Gasteiger charge is 2.50. The molecule has 1 unspecified atom stereocenters. The Morgan fingerprint density at radius 3 is 2.95 bits per heavy atom. The van der Waals surface area contributed by atoms with Crippen molar-refractivity contribution in [3.8, 4) is 0 Å². The fourth-order valence-electron chi connectivity index (χ4n) is 2.66. The fraction of sp³-hybridized carbons (Fsp3) is 0.467. The quantitative estimate of drug-likeness (QED) is 0.714. The van der Waals surface area contributed by atoms with E-state index < -0.39 is 11.5 Å². The average Bonchev–Trinajstić information content (AvgIpc) is 3.20. The van der Waals surface area contributed by atoms with Crippen LogP contribution in [0.25, 0.3) is 11.0 Å². The molecule has 0 saturated heterocycles. The van der Waals surface area contributed by atoms with Crippen LogP contribution in [0.4, 0.5) is 0 Å². The van der Waals surface area contributed by atoms with Crippen molar-refractivity contribution in [2.75, 3.05) is 12.8 Å². The van der Waals surface area contributed by atoms with Crippen molar-refractivity contribution in [3.05, 3.63) is 23.8 Å². The maximum atomic E-state index is 11.7. The number of fused-ring (bicyclic) bond motifs is 1. The van der Waals surface area contributed by atoms with E-state index in [9.17, 15) is 9.90 Å². The number of aryl methyl sites for hydroxylation is 1. The molecule has 0 spiro atoms. The van der Waals surface area contributed by atoms with Gasteiger partial charge in [-0.05, 0) is 50.4 Å². The summed E-state index contributed by atoms with van der Waals surface area (Å²) in [5.74, 6) is -0.0754. The Hall–Kier alpha value is -1.53. The topological polar surface area (TPSA) is 78.0 Å². The Morgan fingerprint density at radius 1 is 1.57 bits per heavy atom. The van der Waals surface area contributed by atoms with Gasteiger partial charge in [0.05, 0.1) is 11.0 Å². The molecule has 0 radical (unpaired) electrons. The largest absolute Gasteiger partial charge is 0.480 e. The summed E-state index contributed by atoms with van der Waals surface area (Å²) in [6.07, 6.45) is 1.96. The molecule has 6 heteroatoms. The second-order valence-corrected chi connectivity index (χ2v) is 6.62. The molecule has 1 aliphatic carbocycles. The third-order valence-electron chi connectivity index (χ3n) is 4.15. The summed E-state index contributed by atoms with van der Waals surface area (Å²) in [4.78, 5) is 19.4. The smallest absolute Gasteiger partial charge is 0.325 e. The van der Waals surface area contributed by atoms with Gasteiger partial charge in [-0.25, -0.2) is 4.98 Å². The zero-order chi connectivity index (χ0) is 15.0. The molecule has 2 aromatic rings. The first-order valence-electron chi connectivity index (χ1n) is 7.06. The maximum Gasteiger partial charge on any atom is 0.325 e. The minimum atomic E-state index is -0.848. The van der Waals surface area contributed by atoms with E-state index in [1.54, 1.807) is 7.05 Å². The Labute approximate surface area is 127 Å². The van der Waals surface area contributed by atoms with Gasteiger partial charge in [0.15, 0.2) is 5.16 Å². The SMILES string of the molecule is CNC(CSc1nc2ccc(C)cc2[nH]1)(C(=O)O)C1CC1. The third kappa shape index (κ3) is 2.65. The van der Waals surface area contributed by atoms with E-state index in [2.05, 4.69) is 21.4 Å². The minimum Gasteiger partial charge on any atom is -0.480 e. The number of nitrogens with zero attached hydrogens (tertiary/aromatic N) is 1.